The van der Waals surface area contributed by atoms with Crippen molar-refractivity contribution >= 4 is 35.0 Å². The van der Waals surface area contributed by atoms with E-state index in [0.717, 1.165) is 62.3 Å². The Labute approximate surface area is 202 Å². The van der Waals surface area contributed by atoms with Crippen molar-refractivity contribution in [3.8, 4) is 0 Å². The number of carboxylic acids is 1. The molecule has 1 aromatic heterocycles. The molecule has 1 aliphatic rings. The maximum absolute atomic E-state index is 14.2. The summed E-state index contributed by atoms with van der Waals surface area (Å²) in [6, 6.07) is 4.94. The van der Waals surface area contributed by atoms with Gasteiger partial charge in [-0.15, -0.1) is 0 Å². The summed E-state index contributed by atoms with van der Waals surface area (Å²) in [6.07, 6.45) is 4.67. The summed E-state index contributed by atoms with van der Waals surface area (Å²) < 4.78 is 19.7. The molecule has 0 fully saturated rings. The summed E-state index contributed by atoms with van der Waals surface area (Å²) in [5.41, 5.74) is 1.73. The molecule has 34 heavy (non-hydrogen) atoms. The van der Waals surface area contributed by atoms with Gasteiger partial charge in [0, 0.05) is 36.9 Å². The lowest BCUT2D eigenvalue weighted by Crippen LogP contribution is -2.42. The van der Waals surface area contributed by atoms with Crippen molar-refractivity contribution in [2.45, 2.75) is 44.6 Å². The van der Waals surface area contributed by atoms with E-state index in [9.17, 15) is 19.1 Å². The summed E-state index contributed by atoms with van der Waals surface area (Å²) in [4.78, 5) is 31.6. The monoisotopic (exact) mass is 488 g/mol. The number of amides is 1. The smallest absolute Gasteiger partial charge is 0.326 e. The molecule has 1 atom stereocenters. The average molecular weight is 489 g/mol. The molecule has 0 saturated heterocycles. The zero-order valence-electron chi connectivity index (χ0n) is 18.6. The number of hydrogen-bond acceptors (Lipinski definition) is 5. The lowest BCUT2D eigenvalue weighted by atomic mass is 10.1. The first-order valence-electron chi connectivity index (χ1n) is 11.1. The van der Waals surface area contributed by atoms with Crippen molar-refractivity contribution < 1.29 is 23.8 Å². The van der Waals surface area contributed by atoms with Gasteiger partial charge < -0.3 is 20.5 Å². The summed E-state index contributed by atoms with van der Waals surface area (Å²) in [5, 5.41) is 14.7. The quantitative estimate of drug-likeness (QED) is 0.320. The van der Waals surface area contributed by atoms with E-state index in [4.69, 9.17) is 22.9 Å². The molecule has 0 spiro atoms. The molecule has 2 heterocycles. The summed E-state index contributed by atoms with van der Waals surface area (Å²) in [7, 11) is 0. The topological polar surface area (TPSA) is 105 Å². The third-order valence-corrected chi connectivity index (χ3v) is 5.76. The number of nitrogens with zero attached hydrogens (tertiary/aromatic N) is 2. The van der Waals surface area contributed by atoms with Crippen molar-refractivity contribution in [2.75, 3.05) is 25.1 Å². The van der Waals surface area contributed by atoms with Crippen LogP contribution in [0.5, 0.6) is 0 Å². The highest BCUT2D eigenvalue weighted by atomic mass is 35.5. The normalized spacial score (nSPS) is 13.3. The number of carbonyl (C=O) groups excluding carboxylic acids is 1. The number of carboxylic acid groups (broad SMARTS) is 1. The third kappa shape index (κ3) is 6.89. The van der Waals surface area contributed by atoms with Gasteiger partial charge in [0.25, 0.3) is 5.91 Å². The van der Waals surface area contributed by atoms with Gasteiger partial charge in [-0.1, -0.05) is 17.7 Å². The van der Waals surface area contributed by atoms with Crippen LogP contribution in [-0.4, -0.2) is 47.8 Å². The van der Waals surface area contributed by atoms with Crippen LogP contribution in [0.3, 0.4) is 0 Å². The van der Waals surface area contributed by atoms with E-state index in [0.29, 0.717) is 6.61 Å². The second-order valence-electron chi connectivity index (χ2n) is 7.96. The van der Waals surface area contributed by atoms with Crippen LogP contribution in [0.1, 0.15) is 47.3 Å². The molecule has 1 aliphatic heterocycles. The zero-order valence-corrected chi connectivity index (χ0v) is 19.3. The van der Waals surface area contributed by atoms with Gasteiger partial charge in [0.1, 0.15) is 17.7 Å². The first-order chi connectivity index (χ1) is 16.4. The molecule has 8 nitrogen and oxygen atoms in total. The minimum absolute atomic E-state index is 0.0124. The average Bonchev–Trinajstić information content (AvgIpc) is 2.81. The first-order valence-corrected chi connectivity index (χ1v) is 11.5. The Hall–Kier alpha value is -3.22. The van der Waals surface area contributed by atoms with Gasteiger partial charge in [-0.05, 0) is 55.9 Å². The van der Waals surface area contributed by atoms with Crippen LogP contribution in [0.25, 0.3) is 4.85 Å². The van der Waals surface area contributed by atoms with Crippen molar-refractivity contribution in [1.29, 1.82) is 0 Å². The highest BCUT2D eigenvalue weighted by Crippen LogP contribution is 2.26. The number of fused-ring (bicyclic) bond motifs is 1. The highest BCUT2D eigenvalue weighted by molar-refractivity contribution is 6.34. The number of ether oxygens (including phenoxy) is 1. The van der Waals surface area contributed by atoms with E-state index in [-0.39, 0.29) is 23.7 Å². The number of rotatable bonds is 11. The predicted octanol–water partition coefficient (Wildman–Crippen LogP) is 4.40. The zero-order chi connectivity index (χ0) is 24.5. The minimum Gasteiger partial charge on any atom is -0.480 e. The van der Waals surface area contributed by atoms with E-state index in [1.54, 1.807) is 0 Å². The van der Waals surface area contributed by atoms with Crippen molar-refractivity contribution in [1.82, 2.24) is 10.3 Å². The Morgan fingerprint density at radius 1 is 1.32 bits per heavy atom. The maximum atomic E-state index is 14.2. The van der Waals surface area contributed by atoms with Crippen LogP contribution < -0.4 is 10.6 Å². The SMILES string of the molecule is [C-]#[N+]c1cc(F)c(C(=O)N[C@@H](CCOCCCCc2ccc3c(n2)NCCC3)C(=O)O)c(Cl)c1. The van der Waals surface area contributed by atoms with E-state index < -0.39 is 29.3 Å². The molecule has 1 amide bonds. The molecule has 0 unspecified atom stereocenters. The Bertz CT molecular complexity index is 1070. The number of benzene rings is 1. The number of carbonyl (C=O) groups is 2. The number of hydrogen-bond donors (Lipinski definition) is 3. The molecule has 3 rings (SSSR count). The molecule has 180 valence electrons. The van der Waals surface area contributed by atoms with Crippen LogP contribution in [0.15, 0.2) is 24.3 Å². The number of halogens is 2. The van der Waals surface area contributed by atoms with Crippen molar-refractivity contribution in [2.24, 2.45) is 0 Å². The van der Waals surface area contributed by atoms with Crippen molar-refractivity contribution in [3.05, 3.63) is 63.3 Å². The maximum Gasteiger partial charge on any atom is 0.326 e. The van der Waals surface area contributed by atoms with Gasteiger partial charge in [-0.2, -0.15) is 0 Å². The summed E-state index contributed by atoms with van der Waals surface area (Å²) >= 11 is 5.90. The Kier molecular flexibility index (Phi) is 9.19. The lowest BCUT2D eigenvalue weighted by molar-refractivity contribution is -0.139. The number of unbranched alkanes of at least 4 members (excludes halogenated alkanes) is 1. The van der Waals surface area contributed by atoms with Crippen LogP contribution in [0.2, 0.25) is 5.02 Å². The molecule has 0 aliphatic carbocycles. The van der Waals surface area contributed by atoms with E-state index >= 15 is 0 Å². The molecule has 1 aromatic carbocycles. The second-order valence-corrected chi connectivity index (χ2v) is 8.37. The number of pyridine rings is 1. The summed E-state index contributed by atoms with van der Waals surface area (Å²) in [5.74, 6) is -2.23. The lowest BCUT2D eigenvalue weighted by Gasteiger charge is -2.17. The number of aryl methyl sites for hydroxylation is 2. The molecule has 2 aromatic rings. The fourth-order valence-electron chi connectivity index (χ4n) is 3.65. The minimum atomic E-state index is -1.27. The molecule has 3 N–H and O–H groups in total. The first kappa shape index (κ1) is 25.4. The summed E-state index contributed by atoms with van der Waals surface area (Å²) in [6.45, 7) is 8.41. The van der Waals surface area contributed by atoms with E-state index in [1.807, 2.05) is 0 Å². The van der Waals surface area contributed by atoms with Gasteiger partial charge in [0.05, 0.1) is 12.1 Å². The number of aromatic nitrogens is 1. The van der Waals surface area contributed by atoms with E-state index in [2.05, 4.69) is 32.6 Å². The molecule has 0 bridgehead atoms. The van der Waals surface area contributed by atoms with Gasteiger partial charge in [-0.3, -0.25) is 4.79 Å². The van der Waals surface area contributed by atoms with Crippen LogP contribution in [0.4, 0.5) is 15.9 Å². The van der Waals surface area contributed by atoms with Gasteiger partial charge in [-0.25, -0.2) is 19.0 Å². The van der Waals surface area contributed by atoms with Crippen molar-refractivity contribution in [3.63, 3.8) is 0 Å². The number of anilines is 1. The largest absolute Gasteiger partial charge is 0.480 e. The standard InChI is InChI=1S/C24H26ClFN4O4/c1-27-17-13-18(25)21(19(26)14-17)23(31)30-20(24(32)33)9-12-34-11-3-2-6-16-8-7-15-5-4-10-28-22(15)29-16/h7-8,13-14,20H,2-6,9-12H2,(H,28,29)(H,30,31)(H,32,33)/t20-/m0/s1. The molecule has 10 heteroatoms. The molecule has 0 radical (unpaired) electrons. The van der Waals surface area contributed by atoms with E-state index in [1.165, 1.54) is 5.56 Å². The molecular formula is C24H26ClFN4O4. The Balaban J connectivity index is 1.39. The molecule has 0 saturated carbocycles. The number of nitrogens with one attached hydrogen (secondary N) is 2. The highest BCUT2D eigenvalue weighted by Gasteiger charge is 2.24. The second kappa shape index (κ2) is 12.3. The van der Waals surface area contributed by atoms with Gasteiger partial charge >= 0.3 is 5.97 Å². The molecular weight excluding hydrogens is 463 g/mol. The fraction of sp³-hybridized carbons (Fsp3) is 0.417. The third-order valence-electron chi connectivity index (χ3n) is 5.46. The predicted molar refractivity (Wildman–Crippen MR) is 126 cm³/mol. The Morgan fingerprint density at radius 2 is 2.15 bits per heavy atom. The van der Waals surface area contributed by atoms with Crippen LogP contribution in [0, 0.1) is 12.4 Å². The fourth-order valence-corrected chi connectivity index (χ4v) is 3.94. The van der Waals surface area contributed by atoms with Crippen LogP contribution >= 0.6 is 11.6 Å². The van der Waals surface area contributed by atoms with Crippen LogP contribution in [-0.2, 0) is 22.4 Å². The van der Waals surface area contributed by atoms with Gasteiger partial charge in [0.15, 0.2) is 5.69 Å². The number of aliphatic carboxylic acids is 1. The van der Waals surface area contributed by atoms with Gasteiger partial charge in [0.2, 0.25) is 0 Å². The Morgan fingerprint density at radius 3 is 2.88 bits per heavy atom.